The van der Waals surface area contributed by atoms with Gasteiger partial charge in [-0.05, 0) is 24.3 Å². The highest BCUT2D eigenvalue weighted by atomic mass is 35.5. The third-order valence-corrected chi connectivity index (χ3v) is 2.84. The standard InChI is InChI=1S/C7H4ClN3S.C5H5N/c8-7-6(10-12-11-7)5-2-1-3-9-4-5;1-2-4-6-5-3-1/h1-4H;1-5H. The molecule has 0 saturated carbocycles. The van der Waals surface area contributed by atoms with E-state index in [0.29, 0.717) is 10.8 Å². The summed E-state index contributed by atoms with van der Waals surface area (Å²) in [6.07, 6.45) is 6.92. The van der Waals surface area contributed by atoms with Gasteiger partial charge in [0, 0.05) is 30.4 Å². The number of nitrogens with zero attached hydrogens (tertiary/aromatic N) is 4. The van der Waals surface area contributed by atoms with Crippen LogP contribution in [0, 0.1) is 0 Å². The second-order valence-electron chi connectivity index (χ2n) is 3.17. The van der Waals surface area contributed by atoms with E-state index in [2.05, 4.69) is 18.7 Å². The van der Waals surface area contributed by atoms with Gasteiger partial charge in [0.15, 0.2) is 5.15 Å². The molecule has 0 unspecified atom stereocenters. The van der Waals surface area contributed by atoms with Crippen LogP contribution in [0.4, 0.5) is 0 Å². The molecule has 0 amide bonds. The smallest absolute Gasteiger partial charge is 0.170 e. The van der Waals surface area contributed by atoms with E-state index < -0.39 is 0 Å². The summed E-state index contributed by atoms with van der Waals surface area (Å²) in [5, 5.41) is 0.438. The minimum Gasteiger partial charge on any atom is -0.265 e. The van der Waals surface area contributed by atoms with Crippen LogP contribution in [0.1, 0.15) is 0 Å². The first-order valence-electron chi connectivity index (χ1n) is 5.11. The molecule has 90 valence electrons. The van der Waals surface area contributed by atoms with Crippen molar-refractivity contribution in [2.24, 2.45) is 0 Å². The lowest BCUT2D eigenvalue weighted by Crippen LogP contribution is -1.78. The molecule has 0 bridgehead atoms. The predicted molar refractivity (Wildman–Crippen MR) is 72.4 cm³/mol. The first-order chi connectivity index (χ1) is 8.88. The number of rotatable bonds is 1. The van der Waals surface area contributed by atoms with Gasteiger partial charge < -0.3 is 0 Å². The molecule has 6 heteroatoms. The van der Waals surface area contributed by atoms with Crippen LogP contribution in [0.2, 0.25) is 5.15 Å². The van der Waals surface area contributed by atoms with Crippen LogP contribution in [-0.2, 0) is 0 Å². The van der Waals surface area contributed by atoms with Gasteiger partial charge in [-0.25, -0.2) is 0 Å². The Bertz CT molecular complexity index is 544. The minimum absolute atomic E-state index is 0.438. The van der Waals surface area contributed by atoms with Crippen LogP contribution in [0.5, 0.6) is 0 Å². The first kappa shape index (κ1) is 12.6. The van der Waals surface area contributed by atoms with Crippen molar-refractivity contribution < 1.29 is 0 Å². The highest BCUT2D eigenvalue weighted by molar-refractivity contribution is 6.99. The Balaban J connectivity index is 0.000000169. The largest absolute Gasteiger partial charge is 0.265 e. The summed E-state index contributed by atoms with van der Waals surface area (Å²) < 4.78 is 7.91. The SMILES string of the molecule is Clc1nsnc1-c1cccnc1.c1ccncc1. The minimum atomic E-state index is 0.438. The number of hydrogen-bond acceptors (Lipinski definition) is 5. The van der Waals surface area contributed by atoms with Gasteiger partial charge in [-0.1, -0.05) is 17.7 Å². The third kappa shape index (κ3) is 3.58. The van der Waals surface area contributed by atoms with Crippen LogP contribution in [-0.4, -0.2) is 18.7 Å². The molecule has 18 heavy (non-hydrogen) atoms. The molecule has 3 rings (SSSR count). The normalized spacial score (nSPS) is 9.39. The van der Waals surface area contributed by atoms with Gasteiger partial charge in [-0.3, -0.25) is 9.97 Å². The number of pyridine rings is 2. The molecule has 0 aliphatic heterocycles. The first-order valence-corrected chi connectivity index (χ1v) is 6.22. The molecule has 0 atom stereocenters. The predicted octanol–water partition coefficient (Wildman–Crippen LogP) is 3.34. The van der Waals surface area contributed by atoms with Crippen LogP contribution in [0.25, 0.3) is 11.3 Å². The number of aromatic nitrogens is 4. The van der Waals surface area contributed by atoms with E-state index >= 15 is 0 Å². The molecule has 0 radical (unpaired) electrons. The van der Waals surface area contributed by atoms with Crippen molar-refractivity contribution in [1.82, 2.24) is 18.7 Å². The van der Waals surface area contributed by atoms with E-state index in [4.69, 9.17) is 11.6 Å². The van der Waals surface area contributed by atoms with E-state index in [-0.39, 0.29) is 0 Å². The molecule has 0 N–H and O–H groups in total. The lowest BCUT2D eigenvalue weighted by Gasteiger charge is -1.92. The fourth-order valence-corrected chi connectivity index (χ4v) is 1.93. The lowest BCUT2D eigenvalue weighted by molar-refractivity contribution is 1.32. The van der Waals surface area contributed by atoms with Crippen molar-refractivity contribution in [3.05, 3.63) is 60.3 Å². The highest BCUT2D eigenvalue weighted by Gasteiger charge is 2.06. The topological polar surface area (TPSA) is 51.6 Å². The molecule has 0 saturated heterocycles. The number of halogens is 1. The monoisotopic (exact) mass is 276 g/mol. The van der Waals surface area contributed by atoms with Crippen LogP contribution < -0.4 is 0 Å². The van der Waals surface area contributed by atoms with Crippen LogP contribution in [0.3, 0.4) is 0 Å². The van der Waals surface area contributed by atoms with Gasteiger partial charge in [-0.2, -0.15) is 8.75 Å². The Morgan fingerprint density at radius 1 is 0.889 bits per heavy atom. The molecule has 4 nitrogen and oxygen atoms in total. The van der Waals surface area contributed by atoms with Crippen molar-refractivity contribution >= 4 is 23.3 Å². The average molecular weight is 277 g/mol. The maximum Gasteiger partial charge on any atom is 0.170 e. The molecular formula is C12H9ClN4S. The van der Waals surface area contributed by atoms with E-state index in [1.165, 1.54) is 0 Å². The zero-order valence-corrected chi connectivity index (χ0v) is 10.8. The van der Waals surface area contributed by atoms with E-state index in [1.54, 1.807) is 24.8 Å². The molecule has 0 aliphatic rings. The molecule has 0 spiro atoms. The second-order valence-corrected chi connectivity index (χ2v) is 4.06. The Hall–Kier alpha value is -1.85. The second kappa shape index (κ2) is 6.78. The Kier molecular flexibility index (Phi) is 4.75. The van der Waals surface area contributed by atoms with Crippen molar-refractivity contribution in [3.8, 4) is 11.3 Å². The van der Waals surface area contributed by atoms with Crippen LogP contribution >= 0.6 is 23.3 Å². The molecule has 3 heterocycles. The summed E-state index contributed by atoms with van der Waals surface area (Å²) in [5.41, 5.74) is 1.60. The van der Waals surface area contributed by atoms with Gasteiger partial charge in [0.25, 0.3) is 0 Å². The summed E-state index contributed by atoms with van der Waals surface area (Å²) >= 11 is 6.88. The number of hydrogen-bond donors (Lipinski definition) is 0. The summed E-state index contributed by atoms with van der Waals surface area (Å²) in [5.74, 6) is 0. The fraction of sp³-hybridized carbons (Fsp3) is 0. The summed E-state index contributed by atoms with van der Waals surface area (Å²) in [6.45, 7) is 0. The lowest BCUT2D eigenvalue weighted by atomic mass is 10.2. The van der Waals surface area contributed by atoms with Crippen molar-refractivity contribution in [3.63, 3.8) is 0 Å². The van der Waals surface area contributed by atoms with Crippen molar-refractivity contribution in [2.75, 3.05) is 0 Å². The summed E-state index contributed by atoms with van der Waals surface area (Å²) in [4.78, 5) is 7.74. The molecule has 3 aromatic rings. The molecule has 0 aliphatic carbocycles. The van der Waals surface area contributed by atoms with Gasteiger partial charge in [-0.15, -0.1) is 0 Å². The van der Waals surface area contributed by atoms with Crippen molar-refractivity contribution in [2.45, 2.75) is 0 Å². The molecular weight excluding hydrogens is 268 g/mol. The molecule has 3 aromatic heterocycles. The average Bonchev–Trinajstić information content (AvgIpc) is 2.89. The molecule has 0 fully saturated rings. The van der Waals surface area contributed by atoms with E-state index in [0.717, 1.165) is 17.3 Å². The quantitative estimate of drug-likeness (QED) is 0.684. The summed E-state index contributed by atoms with van der Waals surface area (Å²) in [6, 6.07) is 9.45. The maximum atomic E-state index is 5.78. The fourth-order valence-electron chi connectivity index (χ4n) is 1.17. The Morgan fingerprint density at radius 2 is 1.67 bits per heavy atom. The summed E-state index contributed by atoms with van der Waals surface area (Å²) in [7, 11) is 0. The maximum absolute atomic E-state index is 5.78. The van der Waals surface area contributed by atoms with E-state index in [1.807, 2.05) is 30.3 Å². The highest BCUT2D eigenvalue weighted by Crippen LogP contribution is 2.23. The molecule has 0 aromatic carbocycles. The van der Waals surface area contributed by atoms with E-state index in [9.17, 15) is 0 Å². The Labute approximate surface area is 114 Å². The van der Waals surface area contributed by atoms with Crippen molar-refractivity contribution in [1.29, 1.82) is 0 Å². The zero-order valence-electron chi connectivity index (χ0n) is 9.27. The Morgan fingerprint density at radius 3 is 2.11 bits per heavy atom. The van der Waals surface area contributed by atoms with Crippen LogP contribution in [0.15, 0.2) is 55.1 Å². The van der Waals surface area contributed by atoms with Gasteiger partial charge in [0.2, 0.25) is 0 Å². The van der Waals surface area contributed by atoms with Gasteiger partial charge >= 0.3 is 0 Å². The van der Waals surface area contributed by atoms with Gasteiger partial charge in [0.05, 0.1) is 11.7 Å². The van der Waals surface area contributed by atoms with Gasteiger partial charge in [0.1, 0.15) is 5.69 Å². The third-order valence-electron chi connectivity index (χ3n) is 1.95. The zero-order chi connectivity index (χ0) is 12.6.